The molecule has 8 heteroatoms. The van der Waals surface area contributed by atoms with Crippen LogP contribution in [0.25, 0.3) is 0 Å². The smallest absolute Gasteiger partial charge is 0.326 e. The predicted octanol–water partition coefficient (Wildman–Crippen LogP) is -2.22. The molecule has 19 heavy (non-hydrogen) atoms. The van der Waals surface area contributed by atoms with E-state index in [0.29, 0.717) is 25.8 Å². The van der Waals surface area contributed by atoms with Crippen molar-refractivity contribution < 1.29 is 19.8 Å². The molecule has 0 aromatic carbocycles. The second kappa shape index (κ2) is 7.70. The Kier molecular flexibility index (Phi) is 6.23. The molecule has 0 aliphatic carbocycles. The average Bonchev–Trinajstić information content (AvgIpc) is 2.90. The lowest BCUT2D eigenvalue weighted by Gasteiger charge is -2.21. The Morgan fingerprint density at radius 3 is 2.84 bits per heavy atom. The molecule has 3 atom stereocenters. The summed E-state index contributed by atoms with van der Waals surface area (Å²) in [6.45, 7) is 0.661. The van der Waals surface area contributed by atoms with Gasteiger partial charge in [0.05, 0.1) is 18.9 Å². The molecule has 0 bridgehead atoms. The Balaban J connectivity index is 2.43. The van der Waals surface area contributed by atoms with E-state index in [1.807, 2.05) is 0 Å². The molecule has 1 aliphatic heterocycles. The first-order valence-corrected chi connectivity index (χ1v) is 6.24. The summed E-state index contributed by atoms with van der Waals surface area (Å²) < 4.78 is 0. The van der Waals surface area contributed by atoms with Crippen LogP contribution in [0.2, 0.25) is 0 Å². The number of carbonyl (C=O) groups is 2. The molecule has 0 aromatic heterocycles. The topological polar surface area (TPSA) is 140 Å². The van der Waals surface area contributed by atoms with E-state index in [1.165, 1.54) is 6.34 Å². The molecule has 0 aromatic rings. The summed E-state index contributed by atoms with van der Waals surface area (Å²) >= 11 is 0. The van der Waals surface area contributed by atoms with E-state index in [9.17, 15) is 9.59 Å². The molecule has 1 rings (SSSR count). The first kappa shape index (κ1) is 15.4. The lowest BCUT2D eigenvalue weighted by molar-refractivity contribution is -0.142. The lowest BCUT2D eigenvalue weighted by Crippen LogP contribution is -2.56. The van der Waals surface area contributed by atoms with Crippen LogP contribution in [-0.4, -0.2) is 59.7 Å². The summed E-state index contributed by atoms with van der Waals surface area (Å²) in [5.74, 6) is -1.58. The van der Waals surface area contributed by atoms with Crippen LogP contribution in [0.5, 0.6) is 0 Å². The highest BCUT2D eigenvalue weighted by Crippen LogP contribution is 2.03. The first-order valence-electron chi connectivity index (χ1n) is 6.24. The maximum Gasteiger partial charge on any atom is 0.326 e. The fraction of sp³-hybridized carbons (Fsp3) is 0.727. The van der Waals surface area contributed by atoms with Crippen molar-refractivity contribution >= 4 is 18.2 Å². The predicted molar refractivity (Wildman–Crippen MR) is 70.2 cm³/mol. The van der Waals surface area contributed by atoms with Crippen molar-refractivity contribution in [2.45, 2.75) is 37.4 Å². The van der Waals surface area contributed by atoms with E-state index in [1.54, 1.807) is 0 Å². The molecule has 1 aliphatic rings. The zero-order valence-corrected chi connectivity index (χ0v) is 10.6. The fourth-order valence-electron chi connectivity index (χ4n) is 1.77. The summed E-state index contributed by atoms with van der Waals surface area (Å²) in [5.41, 5.74) is 5.75. The Bertz CT molecular complexity index is 340. The number of carboxylic acids is 1. The highest BCUT2D eigenvalue weighted by atomic mass is 16.4. The fourth-order valence-corrected chi connectivity index (χ4v) is 1.77. The third kappa shape index (κ3) is 4.84. The Morgan fingerprint density at radius 1 is 1.58 bits per heavy atom. The summed E-state index contributed by atoms with van der Waals surface area (Å²) in [6, 6.07) is -2.07. The van der Waals surface area contributed by atoms with Gasteiger partial charge in [0, 0.05) is 6.42 Å². The second-order valence-corrected chi connectivity index (χ2v) is 4.44. The molecular formula is C11H21N4O4+. The van der Waals surface area contributed by atoms with Gasteiger partial charge in [-0.2, -0.15) is 0 Å². The molecular weight excluding hydrogens is 252 g/mol. The largest absolute Gasteiger partial charge is 0.480 e. The summed E-state index contributed by atoms with van der Waals surface area (Å²) in [5, 5.41) is 21.3. The number of amides is 1. The number of hydrogen-bond acceptors (Lipinski definition) is 5. The van der Waals surface area contributed by atoms with E-state index in [2.05, 4.69) is 15.6 Å². The van der Waals surface area contributed by atoms with Gasteiger partial charge in [0.2, 0.25) is 5.91 Å². The van der Waals surface area contributed by atoms with Crippen LogP contribution in [0.1, 0.15) is 19.3 Å². The first-order chi connectivity index (χ1) is 9.06. The molecule has 3 unspecified atom stereocenters. The van der Waals surface area contributed by atoms with Crippen molar-refractivity contribution in [1.29, 1.82) is 0 Å². The number of unbranched alkanes of at least 4 members (excludes halogenated alkanes) is 1. The molecule has 0 saturated heterocycles. The number of aliphatic imine (C=N–C) groups is 1. The van der Waals surface area contributed by atoms with Crippen LogP contribution < -0.4 is 16.4 Å². The van der Waals surface area contributed by atoms with Crippen LogP contribution in [0, 0.1) is 0 Å². The van der Waals surface area contributed by atoms with Crippen molar-refractivity contribution in [3.05, 3.63) is 0 Å². The number of nitrogens with two attached hydrogens (primary N) is 1. The number of nitrogens with zero attached hydrogens (tertiary/aromatic N) is 1. The summed E-state index contributed by atoms with van der Waals surface area (Å²) in [7, 11) is 0. The highest BCUT2D eigenvalue weighted by molar-refractivity contribution is 5.87. The molecule has 108 valence electrons. The Hall–Kier alpha value is -1.67. The monoisotopic (exact) mass is 273 g/mol. The molecule has 0 spiro atoms. The molecule has 1 amide bonds. The van der Waals surface area contributed by atoms with E-state index < -0.39 is 24.0 Å². The number of hydrogen-bond donors (Lipinski definition) is 4. The minimum absolute atomic E-state index is 0.253. The van der Waals surface area contributed by atoms with Gasteiger partial charge in [0.1, 0.15) is 18.7 Å². The molecule has 8 nitrogen and oxygen atoms in total. The normalized spacial score (nSPS) is 20.6. The summed E-state index contributed by atoms with van der Waals surface area (Å²) in [6.07, 6.45) is 2.99. The van der Waals surface area contributed by atoms with Crippen molar-refractivity contribution in [1.82, 2.24) is 10.6 Å². The van der Waals surface area contributed by atoms with Crippen molar-refractivity contribution in [3.8, 4) is 0 Å². The Labute approximate surface area is 111 Å². The van der Waals surface area contributed by atoms with Gasteiger partial charge in [-0.15, -0.1) is 0 Å². The maximum absolute atomic E-state index is 11.8. The minimum Gasteiger partial charge on any atom is -0.480 e. The number of rotatable bonds is 8. The van der Waals surface area contributed by atoms with Gasteiger partial charge in [-0.1, -0.05) is 0 Å². The van der Waals surface area contributed by atoms with Gasteiger partial charge in [0.25, 0.3) is 0 Å². The van der Waals surface area contributed by atoms with Crippen LogP contribution in [0.4, 0.5) is 0 Å². The van der Waals surface area contributed by atoms with Gasteiger partial charge >= 0.3 is 5.97 Å². The second-order valence-electron chi connectivity index (χ2n) is 4.44. The molecule has 1 heterocycles. The van der Waals surface area contributed by atoms with E-state index >= 15 is 0 Å². The van der Waals surface area contributed by atoms with Crippen LogP contribution in [0.3, 0.4) is 0 Å². The Morgan fingerprint density at radius 2 is 2.32 bits per heavy atom. The quantitative estimate of drug-likeness (QED) is 0.293. The number of aliphatic carboxylic acids is 1. The summed E-state index contributed by atoms with van der Waals surface area (Å²) in [4.78, 5) is 26.8. The van der Waals surface area contributed by atoms with Gasteiger partial charge in [-0.25, -0.2) is 4.79 Å². The minimum atomic E-state index is -1.08. The van der Waals surface area contributed by atoms with Crippen LogP contribution >= 0.6 is 0 Å². The third-order valence-electron chi connectivity index (χ3n) is 2.95. The maximum atomic E-state index is 11.8. The van der Waals surface area contributed by atoms with Gasteiger partial charge < -0.3 is 26.6 Å². The van der Waals surface area contributed by atoms with Crippen molar-refractivity contribution in [3.63, 3.8) is 0 Å². The number of carbonyl (C=O) groups excluding carboxylic acids is 1. The number of nitrogens with one attached hydrogen (secondary N) is 2. The molecule has 0 radical (unpaired) electrons. The van der Waals surface area contributed by atoms with Gasteiger partial charge in [-0.05, 0) is 12.8 Å². The lowest BCUT2D eigenvalue weighted by atomic mass is 10.1. The third-order valence-corrected chi connectivity index (χ3v) is 2.95. The highest BCUT2D eigenvalue weighted by Gasteiger charge is 2.29. The van der Waals surface area contributed by atoms with Crippen LogP contribution in [0.15, 0.2) is 4.99 Å². The van der Waals surface area contributed by atoms with Crippen molar-refractivity contribution in [2.75, 3.05) is 13.2 Å². The van der Waals surface area contributed by atoms with Gasteiger partial charge in [0.15, 0.2) is 0 Å². The molecule has 0 fully saturated rings. The zero-order chi connectivity index (χ0) is 14.3. The molecule has 7 N–H and O–H groups in total. The van der Waals surface area contributed by atoms with E-state index in [4.69, 9.17) is 15.9 Å². The standard InChI is InChI=1S/C11H20N4O4/c12-9(8-5-13-6-14-8)10(17)15-7(11(18)19)3-1-2-4-16/h6-9,16H,1-5,12H2,(H,13,14)(H,15,17)(H,18,19)/p+1. The van der Waals surface area contributed by atoms with Gasteiger partial charge in [-0.3, -0.25) is 9.79 Å². The zero-order valence-electron chi connectivity index (χ0n) is 10.6. The average molecular weight is 273 g/mol. The molecule has 0 saturated carbocycles. The van der Waals surface area contributed by atoms with E-state index in [0.717, 1.165) is 0 Å². The SMILES string of the molecule is NC(C(=O)NC(CCCC[OH2+])C(=O)O)C1CN=CN1. The van der Waals surface area contributed by atoms with E-state index in [-0.39, 0.29) is 12.6 Å². The van der Waals surface area contributed by atoms with Crippen molar-refractivity contribution in [2.24, 2.45) is 10.7 Å². The number of carboxylic acid groups (broad SMARTS) is 1. The van der Waals surface area contributed by atoms with Crippen LogP contribution in [-0.2, 0) is 9.59 Å².